The van der Waals surface area contributed by atoms with Crippen LogP contribution in [0, 0.1) is 6.92 Å². The Labute approximate surface area is 157 Å². The third kappa shape index (κ3) is 4.08. The molecule has 0 spiro atoms. The van der Waals surface area contributed by atoms with Crippen molar-refractivity contribution in [2.75, 3.05) is 11.4 Å². The Morgan fingerprint density at radius 1 is 1.16 bits per heavy atom. The number of methoxy groups -OCH3 is 1. The van der Waals surface area contributed by atoms with Gasteiger partial charge in [0.2, 0.25) is 5.24 Å². The molecule has 2 rings (SSSR count). The smallest absolute Gasteiger partial charge is 0.265 e. The predicted molar refractivity (Wildman–Crippen MR) is 99.2 cm³/mol. The number of hydrogen-bond acceptors (Lipinski definition) is 4. The molecule has 8 heteroatoms. The van der Waals surface area contributed by atoms with Crippen LogP contribution < -0.4 is 9.04 Å². The molecular weight excluding hydrogens is 385 g/mol. The highest BCUT2D eigenvalue weighted by Crippen LogP contribution is 2.36. The van der Waals surface area contributed by atoms with Gasteiger partial charge in [-0.3, -0.25) is 9.10 Å². The molecule has 0 saturated carbocycles. The normalized spacial score (nSPS) is 12.5. The number of ether oxygens (including phenoxy) is 1. The van der Waals surface area contributed by atoms with Crippen molar-refractivity contribution in [2.24, 2.45) is 0 Å². The molecule has 0 fully saturated rings. The van der Waals surface area contributed by atoms with Gasteiger partial charge in [-0.2, -0.15) is 0 Å². The van der Waals surface area contributed by atoms with E-state index in [1.807, 2.05) is 6.92 Å². The van der Waals surface area contributed by atoms with Crippen molar-refractivity contribution in [3.05, 3.63) is 53.1 Å². The fourth-order valence-corrected chi connectivity index (χ4v) is 4.24. The van der Waals surface area contributed by atoms with Crippen LogP contribution in [0.1, 0.15) is 12.5 Å². The maximum atomic E-state index is 13.2. The first kappa shape index (κ1) is 19.6. The van der Waals surface area contributed by atoms with Crippen molar-refractivity contribution in [2.45, 2.75) is 24.8 Å². The molecule has 2 aromatic rings. The number of nitrogens with zero attached hydrogens (tertiary/aromatic N) is 1. The lowest BCUT2D eigenvalue weighted by molar-refractivity contribution is -0.112. The third-order valence-electron chi connectivity index (χ3n) is 3.64. The van der Waals surface area contributed by atoms with Crippen LogP contribution in [0.15, 0.2) is 47.4 Å². The fraction of sp³-hybridized carbons (Fsp3) is 0.235. The number of carbonyl (C=O) groups excluding carboxylic acids is 1. The molecule has 2 aromatic carbocycles. The second kappa shape index (κ2) is 7.64. The first-order valence-electron chi connectivity index (χ1n) is 7.32. The molecule has 134 valence electrons. The molecule has 0 bridgehead atoms. The van der Waals surface area contributed by atoms with Crippen LogP contribution in [-0.4, -0.2) is 26.8 Å². The highest BCUT2D eigenvalue weighted by atomic mass is 35.5. The largest absolute Gasteiger partial charge is 0.495 e. The van der Waals surface area contributed by atoms with Gasteiger partial charge in [-0.15, -0.1) is 0 Å². The molecule has 0 radical (unpaired) electrons. The van der Waals surface area contributed by atoms with Crippen LogP contribution >= 0.6 is 23.2 Å². The van der Waals surface area contributed by atoms with Gasteiger partial charge in [0.05, 0.1) is 17.7 Å². The minimum absolute atomic E-state index is 0.0323. The van der Waals surface area contributed by atoms with Gasteiger partial charge in [0.1, 0.15) is 11.8 Å². The number of aryl methyl sites for hydroxylation is 1. The lowest BCUT2D eigenvalue weighted by Crippen LogP contribution is -2.42. The molecule has 25 heavy (non-hydrogen) atoms. The molecule has 0 heterocycles. The summed E-state index contributed by atoms with van der Waals surface area (Å²) in [6, 6.07) is 9.65. The highest BCUT2D eigenvalue weighted by molar-refractivity contribution is 7.93. The number of carbonyl (C=O) groups is 1. The Morgan fingerprint density at radius 3 is 2.28 bits per heavy atom. The average molecular weight is 402 g/mol. The van der Waals surface area contributed by atoms with Crippen LogP contribution in [0.5, 0.6) is 5.75 Å². The van der Waals surface area contributed by atoms with Gasteiger partial charge < -0.3 is 4.74 Å². The van der Waals surface area contributed by atoms with Crippen LogP contribution in [0.25, 0.3) is 0 Å². The molecule has 5 nitrogen and oxygen atoms in total. The molecule has 0 aliphatic rings. The van der Waals surface area contributed by atoms with E-state index in [-0.39, 0.29) is 16.3 Å². The Morgan fingerprint density at radius 2 is 1.76 bits per heavy atom. The second-order valence-corrected chi connectivity index (χ2v) is 8.03. The summed E-state index contributed by atoms with van der Waals surface area (Å²) < 4.78 is 32.5. The summed E-state index contributed by atoms with van der Waals surface area (Å²) in [5.74, 6) is 0.254. The molecule has 0 aromatic heterocycles. The monoisotopic (exact) mass is 401 g/mol. The van der Waals surface area contributed by atoms with Gasteiger partial charge in [-0.25, -0.2) is 8.42 Å². The SMILES string of the molecule is COc1ccc(Cl)cc1N(C(C)C(=O)Cl)S(=O)(=O)c1ccc(C)cc1. The molecule has 0 saturated heterocycles. The number of benzene rings is 2. The first-order chi connectivity index (χ1) is 11.7. The molecule has 0 N–H and O–H groups in total. The first-order valence-corrected chi connectivity index (χ1v) is 9.52. The van der Waals surface area contributed by atoms with Crippen LogP contribution in [0.3, 0.4) is 0 Å². The molecular formula is C17H17Cl2NO4S. The maximum absolute atomic E-state index is 13.2. The lowest BCUT2D eigenvalue weighted by atomic mass is 10.2. The van der Waals surface area contributed by atoms with Crippen molar-refractivity contribution < 1.29 is 17.9 Å². The minimum atomic E-state index is -4.08. The van der Waals surface area contributed by atoms with E-state index in [1.54, 1.807) is 18.2 Å². The highest BCUT2D eigenvalue weighted by Gasteiger charge is 2.34. The predicted octanol–water partition coefficient (Wildman–Crippen LogP) is 4.01. The standard InChI is InChI=1S/C17H17Cl2NO4S/c1-11-4-7-14(8-5-11)25(22,23)20(12(2)17(19)21)15-10-13(18)6-9-16(15)24-3/h4-10,12H,1-3H3. The number of sulfonamides is 1. The van der Waals surface area contributed by atoms with Crippen LogP contribution in [0.2, 0.25) is 5.02 Å². The van der Waals surface area contributed by atoms with E-state index in [0.717, 1.165) is 9.87 Å². The van der Waals surface area contributed by atoms with E-state index in [4.69, 9.17) is 27.9 Å². The zero-order chi connectivity index (χ0) is 18.8. The van der Waals surface area contributed by atoms with Crippen LogP contribution in [-0.2, 0) is 14.8 Å². The second-order valence-electron chi connectivity index (χ2n) is 5.41. The topological polar surface area (TPSA) is 63.7 Å². The molecule has 0 aliphatic carbocycles. The van der Waals surface area contributed by atoms with E-state index in [1.165, 1.54) is 38.3 Å². The van der Waals surface area contributed by atoms with E-state index >= 15 is 0 Å². The molecule has 1 atom stereocenters. The summed E-state index contributed by atoms with van der Waals surface area (Å²) >= 11 is 11.6. The van der Waals surface area contributed by atoms with Gasteiger partial charge >= 0.3 is 0 Å². The zero-order valence-electron chi connectivity index (χ0n) is 13.9. The number of halogens is 2. The average Bonchev–Trinajstić information content (AvgIpc) is 2.55. The van der Waals surface area contributed by atoms with Crippen molar-refractivity contribution in [1.29, 1.82) is 0 Å². The van der Waals surface area contributed by atoms with Gasteiger partial charge in [-0.1, -0.05) is 29.3 Å². The summed E-state index contributed by atoms with van der Waals surface area (Å²) in [7, 11) is -2.68. The number of hydrogen-bond donors (Lipinski definition) is 0. The Bertz CT molecular complexity index is 882. The van der Waals surface area contributed by atoms with E-state index in [2.05, 4.69) is 0 Å². The Hall–Kier alpha value is -1.76. The number of rotatable bonds is 6. The van der Waals surface area contributed by atoms with Crippen molar-refractivity contribution in [1.82, 2.24) is 0 Å². The third-order valence-corrected chi connectivity index (χ3v) is 6.09. The Balaban J connectivity index is 2.71. The van der Waals surface area contributed by atoms with Gasteiger partial charge in [0.15, 0.2) is 0 Å². The Kier molecular flexibility index (Phi) is 5.98. The van der Waals surface area contributed by atoms with Gasteiger partial charge in [-0.05, 0) is 55.8 Å². The minimum Gasteiger partial charge on any atom is -0.495 e. The van der Waals surface area contributed by atoms with Crippen molar-refractivity contribution in [3.63, 3.8) is 0 Å². The quantitative estimate of drug-likeness (QED) is 0.685. The number of anilines is 1. The van der Waals surface area contributed by atoms with Gasteiger partial charge in [0, 0.05) is 5.02 Å². The van der Waals surface area contributed by atoms with E-state index < -0.39 is 21.3 Å². The summed E-state index contributed by atoms with van der Waals surface area (Å²) in [5.41, 5.74) is 1.05. The van der Waals surface area contributed by atoms with Gasteiger partial charge in [0.25, 0.3) is 10.0 Å². The summed E-state index contributed by atoms with van der Waals surface area (Å²) in [4.78, 5) is 11.8. The molecule has 0 aliphatic heterocycles. The zero-order valence-corrected chi connectivity index (χ0v) is 16.2. The summed E-state index contributed by atoms with van der Waals surface area (Å²) in [6.45, 7) is 3.25. The van der Waals surface area contributed by atoms with E-state index in [0.29, 0.717) is 5.02 Å². The molecule has 1 unspecified atom stereocenters. The van der Waals surface area contributed by atoms with Crippen molar-refractivity contribution >= 4 is 44.2 Å². The lowest BCUT2D eigenvalue weighted by Gasteiger charge is -2.29. The maximum Gasteiger partial charge on any atom is 0.265 e. The summed E-state index contributed by atoms with van der Waals surface area (Å²) in [6.07, 6.45) is 0. The van der Waals surface area contributed by atoms with Crippen molar-refractivity contribution in [3.8, 4) is 5.75 Å². The van der Waals surface area contributed by atoms with E-state index in [9.17, 15) is 13.2 Å². The van der Waals surface area contributed by atoms with Crippen LogP contribution in [0.4, 0.5) is 5.69 Å². The molecule has 0 amide bonds. The fourth-order valence-electron chi connectivity index (χ4n) is 2.30. The summed E-state index contributed by atoms with van der Waals surface area (Å²) in [5, 5.41) is -0.521.